The summed E-state index contributed by atoms with van der Waals surface area (Å²) in [6.07, 6.45) is 2.89. The first-order chi connectivity index (χ1) is 8.52. The maximum Gasteiger partial charge on any atom is 0.243 e. The minimum Gasteiger partial charge on any atom is -0.207 e. The third-order valence-electron chi connectivity index (χ3n) is 3.61. The van der Waals surface area contributed by atoms with Crippen LogP contribution in [0.4, 0.5) is 0 Å². The van der Waals surface area contributed by atoms with Crippen LogP contribution in [0.15, 0.2) is 29.2 Å². The Bertz CT molecular complexity index is 507. The molecule has 0 aliphatic carbocycles. The summed E-state index contributed by atoms with van der Waals surface area (Å²) < 4.78 is 26.7. The molecule has 1 aromatic carbocycles. The Morgan fingerprint density at radius 2 is 1.72 bits per heavy atom. The summed E-state index contributed by atoms with van der Waals surface area (Å²) in [4.78, 5) is 0.421. The Balaban J connectivity index is 2.24. The van der Waals surface area contributed by atoms with Crippen molar-refractivity contribution in [2.24, 2.45) is 0 Å². The van der Waals surface area contributed by atoms with Gasteiger partial charge < -0.3 is 0 Å². The number of aryl methyl sites for hydroxylation is 1. The Labute approximate surface area is 110 Å². The van der Waals surface area contributed by atoms with Crippen LogP contribution in [-0.4, -0.2) is 24.8 Å². The maximum absolute atomic E-state index is 12.5. The van der Waals surface area contributed by atoms with Crippen LogP contribution in [0.25, 0.3) is 0 Å². The van der Waals surface area contributed by atoms with E-state index in [-0.39, 0.29) is 12.1 Å². The first-order valence-corrected chi connectivity index (χ1v) is 8.06. The van der Waals surface area contributed by atoms with Crippen molar-refractivity contribution in [3.05, 3.63) is 29.8 Å². The fourth-order valence-corrected chi connectivity index (χ4v) is 4.48. The molecule has 1 aromatic rings. The van der Waals surface area contributed by atoms with Gasteiger partial charge in [-0.25, -0.2) is 8.42 Å². The first-order valence-electron chi connectivity index (χ1n) is 6.62. The number of benzene rings is 1. The third kappa shape index (κ3) is 2.31. The average molecular weight is 267 g/mol. The van der Waals surface area contributed by atoms with Gasteiger partial charge in [-0.3, -0.25) is 0 Å². The molecule has 0 radical (unpaired) electrons. The van der Waals surface area contributed by atoms with Crippen LogP contribution in [0.3, 0.4) is 0 Å². The van der Waals surface area contributed by atoms with Crippen LogP contribution >= 0.6 is 0 Å². The summed E-state index contributed by atoms with van der Waals surface area (Å²) in [5.41, 5.74) is 1.08. The second-order valence-corrected chi connectivity index (χ2v) is 6.82. The van der Waals surface area contributed by atoms with E-state index in [2.05, 4.69) is 13.8 Å². The monoisotopic (exact) mass is 267 g/mol. The van der Waals surface area contributed by atoms with Crippen LogP contribution in [-0.2, 0) is 10.0 Å². The van der Waals surface area contributed by atoms with E-state index in [1.807, 2.05) is 19.1 Å². The van der Waals surface area contributed by atoms with Gasteiger partial charge in [-0.1, -0.05) is 38.0 Å². The fourth-order valence-electron chi connectivity index (χ4n) is 2.57. The smallest absolute Gasteiger partial charge is 0.207 e. The molecule has 3 atom stereocenters. The lowest BCUT2D eigenvalue weighted by Gasteiger charge is -2.07. The van der Waals surface area contributed by atoms with Gasteiger partial charge in [0.15, 0.2) is 0 Å². The number of sulfonamides is 1. The second-order valence-electron chi connectivity index (χ2n) is 4.98. The number of rotatable bonds is 5. The highest BCUT2D eigenvalue weighted by atomic mass is 32.2. The third-order valence-corrected chi connectivity index (χ3v) is 5.57. The summed E-state index contributed by atoms with van der Waals surface area (Å²) in [5.74, 6) is 0. The number of hydrogen-bond donors (Lipinski definition) is 0. The van der Waals surface area contributed by atoms with Gasteiger partial charge in [-0.15, -0.1) is 0 Å². The molecule has 0 amide bonds. The minimum absolute atomic E-state index is 0.205. The predicted molar refractivity (Wildman–Crippen MR) is 73.0 cm³/mol. The molecule has 1 unspecified atom stereocenters. The van der Waals surface area contributed by atoms with E-state index < -0.39 is 10.0 Å². The van der Waals surface area contributed by atoms with Gasteiger partial charge in [-0.2, -0.15) is 4.31 Å². The van der Waals surface area contributed by atoms with Gasteiger partial charge in [0.05, 0.1) is 4.90 Å². The van der Waals surface area contributed by atoms with Gasteiger partial charge in [0.2, 0.25) is 10.0 Å². The second kappa shape index (κ2) is 5.02. The molecule has 18 heavy (non-hydrogen) atoms. The Hall–Kier alpha value is -0.870. The molecule has 3 nitrogen and oxygen atoms in total. The molecule has 0 bridgehead atoms. The lowest BCUT2D eigenvalue weighted by Crippen LogP contribution is -2.15. The van der Waals surface area contributed by atoms with Crippen LogP contribution in [0.5, 0.6) is 0 Å². The van der Waals surface area contributed by atoms with Gasteiger partial charge in [-0.05, 0) is 31.9 Å². The van der Waals surface area contributed by atoms with Gasteiger partial charge >= 0.3 is 0 Å². The van der Waals surface area contributed by atoms with E-state index in [4.69, 9.17) is 0 Å². The lowest BCUT2D eigenvalue weighted by molar-refractivity contribution is 0.538. The van der Waals surface area contributed by atoms with E-state index in [0.29, 0.717) is 4.90 Å². The number of nitrogens with zero attached hydrogens (tertiary/aromatic N) is 1. The van der Waals surface area contributed by atoms with E-state index in [9.17, 15) is 8.42 Å². The molecular weight excluding hydrogens is 246 g/mol. The van der Waals surface area contributed by atoms with Crippen molar-refractivity contribution in [3.8, 4) is 0 Å². The van der Waals surface area contributed by atoms with Crippen LogP contribution in [0.1, 0.15) is 38.7 Å². The van der Waals surface area contributed by atoms with Crippen molar-refractivity contribution < 1.29 is 8.42 Å². The molecule has 2 rings (SSSR count). The Morgan fingerprint density at radius 1 is 1.11 bits per heavy atom. The van der Waals surface area contributed by atoms with Gasteiger partial charge in [0, 0.05) is 12.1 Å². The summed E-state index contributed by atoms with van der Waals surface area (Å²) >= 11 is 0. The topological polar surface area (TPSA) is 37.1 Å². The molecule has 4 heteroatoms. The Morgan fingerprint density at radius 3 is 2.22 bits per heavy atom. The fraction of sp³-hybridized carbons (Fsp3) is 0.571. The van der Waals surface area contributed by atoms with Crippen molar-refractivity contribution in [3.63, 3.8) is 0 Å². The molecular formula is C14H21NO2S. The van der Waals surface area contributed by atoms with Gasteiger partial charge in [0.25, 0.3) is 0 Å². The molecule has 0 saturated carbocycles. The quantitative estimate of drug-likeness (QED) is 0.769. The van der Waals surface area contributed by atoms with Crippen LogP contribution < -0.4 is 0 Å². The molecule has 0 N–H and O–H groups in total. The highest BCUT2D eigenvalue weighted by molar-refractivity contribution is 7.89. The highest BCUT2D eigenvalue weighted by Gasteiger charge is 2.53. The zero-order chi connectivity index (χ0) is 13.3. The van der Waals surface area contributed by atoms with E-state index in [0.717, 1.165) is 24.8 Å². The molecule has 0 aromatic heterocycles. The minimum atomic E-state index is -3.28. The van der Waals surface area contributed by atoms with E-state index in [1.54, 1.807) is 16.4 Å². The summed E-state index contributed by atoms with van der Waals surface area (Å²) in [6.45, 7) is 6.11. The zero-order valence-electron chi connectivity index (χ0n) is 11.3. The summed E-state index contributed by atoms with van der Waals surface area (Å²) in [6, 6.07) is 7.54. The normalized spacial score (nSPS) is 27.2. The molecule has 1 saturated heterocycles. The molecule has 1 aliphatic heterocycles. The van der Waals surface area contributed by atoms with Crippen LogP contribution in [0, 0.1) is 6.92 Å². The zero-order valence-corrected chi connectivity index (χ0v) is 12.1. The molecule has 1 heterocycles. The lowest BCUT2D eigenvalue weighted by atomic mass is 10.2. The molecule has 0 spiro atoms. The first kappa shape index (κ1) is 13.6. The Kier molecular flexibility index (Phi) is 3.78. The predicted octanol–water partition coefficient (Wildman–Crippen LogP) is 2.95. The average Bonchev–Trinajstić information content (AvgIpc) is 3.04. The maximum atomic E-state index is 12.5. The van der Waals surface area contributed by atoms with E-state index in [1.165, 1.54) is 0 Å². The SMILES string of the molecule is CCC[C@@H]1[C@@H](CC)N1S(=O)(=O)c1ccc(C)cc1. The van der Waals surface area contributed by atoms with Crippen molar-refractivity contribution in [1.29, 1.82) is 0 Å². The van der Waals surface area contributed by atoms with Gasteiger partial charge in [0.1, 0.15) is 0 Å². The number of hydrogen-bond acceptors (Lipinski definition) is 2. The largest absolute Gasteiger partial charge is 0.243 e. The highest BCUT2D eigenvalue weighted by Crippen LogP contribution is 2.40. The standard InChI is InChI=1S/C14H21NO2S/c1-4-6-14-13(5-2)15(14)18(16,17)12-9-7-11(3)8-10-12/h7-10,13-14H,4-6H2,1-3H3/t13-,14-,15?/m1/s1. The van der Waals surface area contributed by atoms with Crippen molar-refractivity contribution in [2.45, 2.75) is 57.0 Å². The van der Waals surface area contributed by atoms with Crippen molar-refractivity contribution in [2.75, 3.05) is 0 Å². The van der Waals surface area contributed by atoms with Crippen molar-refractivity contribution >= 4 is 10.0 Å². The molecule has 100 valence electrons. The summed E-state index contributed by atoms with van der Waals surface area (Å²) in [7, 11) is -3.28. The van der Waals surface area contributed by atoms with Crippen molar-refractivity contribution in [1.82, 2.24) is 4.31 Å². The van der Waals surface area contributed by atoms with Crippen LogP contribution in [0.2, 0.25) is 0 Å². The molecule has 1 fully saturated rings. The summed E-state index contributed by atoms with van der Waals surface area (Å²) in [5, 5.41) is 0. The molecule has 1 aliphatic rings. The van der Waals surface area contributed by atoms with E-state index >= 15 is 0 Å².